The summed E-state index contributed by atoms with van der Waals surface area (Å²) in [6.45, 7) is 2.57. The van der Waals surface area contributed by atoms with Crippen molar-refractivity contribution in [3.63, 3.8) is 0 Å². The highest BCUT2D eigenvalue weighted by molar-refractivity contribution is 5.94. The number of carbonyl (C=O) groups is 1. The first-order valence-electron chi connectivity index (χ1n) is 5.99. The fourth-order valence-electron chi connectivity index (χ4n) is 1.52. The molecule has 2 aromatic rings. The lowest BCUT2D eigenvalue weighted by Gasteiger charge is -2.11. The third-order valence-electron chi connectivity index (χ3n) is 2.78. The summed E-state index contributed by atoms with van der Waals surface area (Å²) in [5.41, 5.74) is 1.33. The molecule has 0 aliphatic carbocycles. The second kappa shape index (κ2) is 7.56. The Balaban J connectivity index is 0.00000200. The summed E-state index contributed by atoms with van der Waals surface area (Å²) in [6, 6.07) is 7.37. The largest absolute Gasteiger partial charge is 0.350 e. The molecule has 1 aromatic heterocycles. The van der Waals surface area contributed by atoms with Crippen LogP contribution >= 0.6 is 12.4 Å². The van der Waals surface area contributed by atoms with Crippen LogP contribution in [0.25, 0.3) is 5.69 Å². The van der Waals surface area contributed by atoms with Crippen molar-refractivity contribution in [2.24, 2.45) is 0 Å². The van der Waals surface area contributed by atoms with Gasteiger partial charge in [0.15, 0.2) is 0 Å². The Morgan fingerprint density at radius 3 is 2.90 bits per heavy atom. The first-order chi connectivity index (χ1) is 9.20. The molecule has 0 spiro atoms. The first-order valence-corrected chi connectivity index (χ1v) is 5.99. The molecule has 1 aromatic carbocycles. The number of nitrogens with one attached hydrogen (secondary N) is 2. The summed E-state index contributed by atoms with van der Waals surface area (Å²) < 4.78 is 1.51. The molecule has 0 aliphatic rings. The Hall–Kier alpha value is -1.99. The smallest absolute Gasteiger partial charge is 0.251 e. The lowest BCUT2D eigenvalue weighted by molar-refractivity contribution is 0.0950. The Bertz CT molecular complexity index is 545. The number of halogens is 1. The third kappa shape index (κ3) is 4.01. The van der Waals surface area contributed by atoms with Crippen molar-refractivity contribution in [3.05, 3.63) is 36.2 Å². The fourth-order valence-corrected chi connectivity index (χ4v) is 1.52. The van der Waals surface area contributed by atoms with Gasteiger partial charge in [-0.3, -0.25) is 4.79 Å². The summed E-state index contributed by atoms with van der Waals surface area (Å²) in [4.78, 5) is 12.0. The maximum Gasteiger partial charge on any atom is 0.251 e. The highest BCUT2D eigenvalue weighted by atomic mass is 35.5. The van der Waals surface area contributed by atoms with E-state index in [1.54, 1.807) is 18.2 Å². The topological polar surface area (TPSA) is 84.7 Å². The number of carbonyl (C=O) groups excluding carboxylic acids is 1. The molecule has 0 fully saturated rings. The van der Waals surface area contributed by atoms with Gasteiger partial charge >= 0.3 is 0 Å². The minimum absolute atomic E-state index is 0. The summed E-state index contributed by atoms with van der Waals surface area (Å²) in [6.07, 6.45) is 1.49. The van der Waals surface area contributed by atoms with Gasteiger partial charge in [0, 0.05) is 18.2 Å². The van der Waals surface area contributed by atoms with Crippen LogP contribution in [-0.2, 0) is 0 Å². The fraction of sp³-hybridized carbons (Fsp3) is 0.333. The number of benzene rings is 1. The average Bonchev–Trinajstić information content (AvgIpc) is 2.98. The molecule has 2 rings (SSSR count). The molecule has 108 valence electrons. The molecule has 1 amide bonds. The van der Waals surface area contributed by atoms with Gasteiger partial charge in [0.05, 0.1) is 5.69 Å². The second-order valence-corrected chi connectivity index (χ2v) is 4.20. The van der Waals surface area contributed by atoms with Crippen molar-refractivity contribution in [1.82, 2.24) is 30.8 Å². The van der Waals surface area contributed by atoms with Crippen molar-refractivity contribution in [2.45, 2.75) is 13.0 Å². The summed E-state index contributed by atoms with van der Waals surface area (Å²) in [5, 5.41) is 16.8. The quantitative estimate of drug-likeness (QED) is 0.835. The molecule has 1 atom stereocenters. The van der Waals surface area contributed by atoms with Crippen LogP contribution < -0.4 is 10.6 Å². The van der Waals surface area contributed by atoms with E-state index < -0.39 is 0 Å². The SMILES string of the molecule is CNC(C)CNC(=O)c1cccc(-n2cnnn2)c1.Cl. The second-order valence-electron chi connectivity index (χ2n) is 4.20. The van der Waals surface area contributed by atoms with Gasteiger partial charge in [0.1, 0.15) is 6.33 Å². The molecule has 0 saturated carbocycles. The highest BCUT2D eigenvalue weighted by Crippen LogP contribution is 2.08. The molecule has 1 heterocycles. The van der Waals surface area contributed by atoms with E-state index in [1.807, 2.05) is 20.0 Å². The Labute approximate surface area is 123 Å². The van der Waals surface area contributed by atoms with Gasteiger partial charge in [0.2, 0.25) is 0 Å². The van der Waals surface area contributed by atoms with E-state index in [0.29, 0.717) is 12.1 Å². The van der Waals surface area contributed by atoms with E-state index in [0.717, 1.165) is 5.69 Å². The van der Waals surface area contributed by atoms with Crippen molar-refractivity contribution >= 4 is 18.3 Å². The number of hydrogen-bond acceptors (Lipinski definition) is 5. The molecule has 0 bridgehead atoms. The lowest BCUT2D eigenvalue weighted by atomic mass is 10.2. The third-order valence-corrected chi connectivity index (χ3v) is 2.78. The summed E-state index contributed by atoms with van der Waals surface area (Å²) in [5.74, 6) is -0.114. The Morgan fingerprint density at radius 1 is 1.45 bits per heavy atom. The van der Waals surface area contributed by atoms with Crippen LogP contribution in [0.2, 0.25) is 0 Å². The van der Waals surface area contributed by atoms with Gasteiger partial charge in [-0.1, -0.05) is 6.07 Å². The van der Waals surface area contributed by atoms with Gasteiger partial charge in [-0.2, -0.15) is 0 Å². The van der Waals surface area contributed by atoms with Gasteiger partial charge in [-0.05, 0) is 42.6 Å². The number of aromatic nitrogens is 4. The number of nitrogens with zero attached hydrogens (tertiary/aromatic N) is 4. The van der Waals surface area contributed by atoms with Crippen LogP contribution in [0.1, 0.15) is 17.3 Å². The van der Waals surface area contributed by atoms with E-state index in [9.17, 15) is 4.79 Å². The molecular weight excluding hydrogens is 280 g/mol. The number of hydrogen-bond donors (Lipinski definition) is 2. The zero-order valence-corrected chi connectivity index (χ0v) is 12.1. The van der Waals surface area contributed by atoms with E-state index in [-0.39, 0.29) is 24.4 Å². The van der Waals surface area contributed by atoms with Crippen molar-refractivity contribution in [1.29, 1.82) is 0 Å². The number of rotatable bonds is 5. The molecule has 0 aliphatic heterocycles. The van der Waals surface area contributed by atoms with Gasteiger partial charge in [0.25, 0.3) is 5.91 Å². The number of amides is 1. The average molecular weight is 297 g/mol. The van der Waals surface area contributed by atoms with Gasteiger partial charge < -0.3 is 10.6 Å². The van der Waals surface area contributed by atoms with Gasteiger partial charge in [-0.15, -0.1) is 17.5 Å². The normalized spacial score (nSPS) is 11.5. The van der Waals surface area contributed by atoms with Crippen LogP contribution in [-0.4, -0.2) is 45.7 Å². The zero-order chi connectivity index (χ0) is 13.7. The molecule has 20 heavy (non-hydrogen) atoms. The first kappa shape index (κ1) is 16.1. The molecule has 7 nitrogen and oxygen atoms in total. The maximum absolute atomic E-state index is 12.0. The molecule has 0 radical (unpaired) electrons. The summed E-state index contributed by atoms with van der Waals surface area (Å²) >= 11 is 0. The predicted molar refractivity (Wildman–Crippen MR) is 77.3 cm³/mol. The molecule has 8 heteroatoms. The zero-order valence-electron chi connectivity index (χ0n) is 11.3. The van der Waals surface area contributed by atoms with Crippen LogP contribution in [0.3, 0.4) is 0 Å². The van der Waals surface area contributed by atoms with E-state index in [1.165, 1.54) is 11.0 Å². The number of likely N-dealkylation sites (N-methyl/N-ethyl adjacent to an activating group) is 1. The van der Waals surface area contributed by atoms with Gasteiger partial charge in [-0.25, -0.2) is 4.68 Å². The Kier molecular flexibility index (Phi) is 6.08. The monoisotopic (exact) mass is 296 g/mol. The standard InChI is InChI=1S/C12H16N6O.ClH/c1-9(13-2)7-14-12(19)10-4-3-5-11(6-10)18-8-15-16-17-18;/h3-6,8-9,13H,7H2,1-2H3,(H,14,19);1H. The van der Waals surface area contributed by atoms with Crippen molar-refractivity contribution < 1.29 is 4.79 Å². The van der Waals surface area contributed by atoms with E-state index >= 15 is 0 Å². The van der Waals surface area contributed by atoms with Crippen molar-refractivity contribution in [3.8, 4) is 5.69 Å². The van der Waals surface area contributed by atoms with E-state index in [4.69, 9.17) is 0 Å². The maximum atomic E-state index is 12.0. The molecule has 0 saturated heterocycles. The number of tetrazole rings is 1. The minimum Gasteiger partial charge on any atom is -0.350 e. The Morgan fingerprint density at radius 2 is 2.25 bits per heavy atom. The lowest BCUT2D eigenvalue weighted by Crippen LogP contribution is -2.37. The molecule has 1 unspecified atom stereocenters. The minimum atomic E-state index is -0.114. The van der Waals surface area contributed by atoms with Crippen molar-refractivity contribution in [2.75, 3.05) is 13.6 Å². The van der Waals surface area contributed by atoms with Crippen LogP contribution in [0, 0.1) is 0 Å². The molecule has 2 N–H and O–H groups in total. The molecular formula is C12H17ClN6O. The summed E-state index contributed by atoms with van der Waals surface area (Å²) in [7, 11) is 1.86. The van der Waals surface area contributed by atoms with Crippen LogP contribution in [0.5, 0.6) is 0 Å². The predicted octanol–water partition coefficient (Wildman–Crippen LogP) is 0.422. The van der Waals surface area contributed by atoms with Crippen LogP contribution in [0.15, 0.2) is 30.6 Å². The highest BCUT2D eigenvalue weighted by Gasteiger charge is 2.08. The van der Waals surface area contributed by atoms with Crippen LogP contribution in [0.4, 0.5) is 0 Å². The van der Waals surface area contributed by atoms with E-state index in [2.05, 4.69) is 26.2 Å².